The van der Waals surface area contributed by atoms with Gasteiger partial charge in [0.2, 0.25) is 10.0 Å². The van der Waals surface area contributed by atoms with Gasteiger partial charge in [-0.25, -0.2) is 8.42 Å². The number of aliphatic hydroxyl groups is 1. The lowest BCUT2D eigenvalue weighted by Gasteiger charge is -2.16. The predicted molar refractivity (Wildman–Crippen MR) is 76.1 cm³/mol. The molecule has 5 nitrogen and oxygen atoms in total. The molecule has 1 heterocycles. The first-order valence-corrected chi connectivity index (χ1v) is 8.27. The summed E-state index contributed by atoms with van der Waals surface area (Å²) in [6.45, 7) is 5.26. The van der Waals surface area contributed by atoms with Gasteiger partial charge in [-0.1, -0.05) is 6.92 Å². The zero-order valence-corrected chi connectivity index (χ0v) is 12.6. The number of ether oxygens (including phenoxy) is 1. The van der Waals surface area contributed by atoms with Crippen LogP contribution in [0.2, 0.25) is 0 Å². The molecule has 1 N–H and O–H groups in total. The molecule has 0 unspecified atom stereocenters. The second kappa shape index (κ2) is 6.11. The molecule has 1 fully saturated rings. The molecule has 1 aliphatic heterocycles. The average Bonchev–Trinajstić information content (AvgIpc) is 2.82. The van der Waals surface area contributed by atoms with Gasteiger partial charge < -0.3 is 9.84 Å². The molecule has 0 saturated carbocycles. The lowest BCUT2D eigenvalue weighted by Crippen LogP contribution is -2.29. The molecule has 1 aromatic rings. The van der Waals surface area contributed by atoms with Crippen LogP contribution in [-0.2, 0) is 10.0 Å². The van der Waals surface area contributed by atoms with Gasteiger partial charge in [0.25, 0.3) is 0 Å². The summed E-state index contributed by atoms with van der Waals surface area (Å²) >= 11 is 0. The maximum Gasteiger partial charge on any atom is 0.243 e. The van der Waals surface area contributed by atoms with Crippen LogP contribution >= 0.6 is 0 Å². The molecule has 20 heavy (non-hydrogen) atoms. The molecular weight excluding hydrogens is 278 g/mol. The molecule has 1 saturated heterocycles. The first-order chi connectivity index (χ1) is 9.48. The van der Waals surface area contributed by atoms with Crippen LogP contribution in [0.4, 0.5) is 0 Å². The van der Waals surface area contributed by atoms with Crippen molar-refractivity contribution in [3.63, 3.8) is 0 Å². The van der Waals surface area contributed by atoms with Gasteiger partial charge in [-0.05, 0) is 43.0 Å². The minimum Gasteiger partial charge on any atom is -0.494 e. The van der Waals surface area contributed by atoms with Gasteiger partial charge in [-0.15, -0.1) is 0 Å². The van der Waals surface area contributed by atoms with E-state index in [0.717, 1.165) is 0 Å². The summed E-state index contributed by atoms with van der Waals surface area (Å²) in [5.41, 5.74) is 0. The van der Waals surface area contributed by atoms with E-state index in [4.69, 9.17) is 4.74 Å². The summed E-state index contributed by atoms with van der Waals surface area (Å²) in [6, 6.07) is 6.47. The Morgan fingerprint density at radius 1 is 1.30 bits per heavy atom. The van der Waals surface area contributed by atoms with E-state index >= 15 is 0 Å². The van der Waals surface area contributed by atoms with Crippen LogP contribution in [0.1, 0.15) is 13.8 Å². The number of hydrogen-bond donors (Lipinski definition) is 1. The van der Waals surface area contributed by atoms with E-state index in [0.29, 0.717) is 25.4 Å². The Morgan fingerprint density at radius 2 is 1.95 bits per heavy atom. The van der Waals surface area contributed by atoms with Crippen LogP contribution in [0.3, 0.4) is 0 Å². The average molecular weight is 299 g/mol. The molecule has 0 radical (unpaired) electrons. The van der Waals surface area contributed by atoms with Crippen LogP contribution in [0.15, 0.2) is 29.2 Å². The van der Waals surface area contributed by atoms with Crippen LogP contribution in [-0.4, -0.2) is 44.1 Å². The standard InChI is InChI=1S/C14H21NO4S/c1-3-19-13-4-6-14(7-5-13)20(17,18)15-8-11(2)12(9-15)10-16/h4-7,11-12,16H,3,8-10H2,1-2H3/t11-,12+/m1/s1. The lowest BCUT2D eigenvalue weighted by atomic mass is 10.00. The normalized spacial score (nSPS) is 23.9. The van der Waals surface area contributed by atoms with E-state index < -0.39 is 10.0 Å². The van der Waals surface area contributed by atoms with Crippen molar-refractivity contribution in [2.75, 3.05) is 26.3 Å². The van der Waals surface area contributed by atoms with E-state index in [-0.39, 0.29) is 23.3 Å². The van der Waals surface area contributed by atoms with Gasteiger partial charge in [0.05, 0.1) is 11.5 Å². The minimum atomic E-state index is -3.48. The monoisotopic (exact) mass is 299 g/mol. The molecule has 0 aromatic heterocycles. The van der Waals surface area contributed by atoms with Crippen molar-refractivity contribution < 1.29 is 18.3 Å². The maximum absolute atomic E-state index is 12.5. The maximum atomic E-state index is 12.5. The molecule has 2 atom stereocenters. The van der Waals surface area contributed by atoms with E-state index in [1.165, 1.54) is 4.31 Å². The number of aliphatic hydroxyl groups excluding tert-OH is 1. The van der Waals surface area contributed by atoms with E-state index in [1.54, 1.807) is 24.3 Å². The summed E-state index contributed by atoms with van der Waals surface area (Å²) in [4.78, 5) is 0.270. The van der Waals surface area contributed by atoms with Gasteiger partial charge in [-0.2, -0.15) is 4.31 Å². The third-order valence-electron chi connectivity index (χ3n) is 3.74. The fourth-order valence-corrected chi connectivity index (χ4v) is 4.04. The summed E-state index contributed by atoms with van der Waals surface area (Å²) in [5, 5.41) is 9.25. The quantitative estimate of drug-likeness (QED) is 0.891. The van der Waals surface area contributed by atoms with Gasteiger partial charge in [0, 0.05) is 19.7 Å². The number of sulfonamides is 1. The summed E-state index contributed by atoms with van der Waals surface area (Å²) < 4.78 is 31.8. The third-order valence-corrected chi connectivity index (χ3v) is 5.59. The first-order valence-electron chi connectivity index (χ1n) is 6.83. The largest absolute Gasteiger partial charge is 0.494 e. The zero-order chi connectivity index (χ0) is 14.8. The predicted octanol–water partition coefficient (Wildman–Crippen LogP) is 1.33. The SMILES string of the molecule is CCOc1ccc(S(=O)(=O)N2C[C@@H](CO)[C@H](C)C2)cc1. The molecule has 0 spiro atoms. The molecule has 112 valence electrons. The number of hydrogen-bond acceptors (Lipinski definition) is 4. The third kappa shape index (κ3) is 2.97. The fraction of sp³-hybridized carbons (Fsp3) is 0.571. The Kier molecular flexibility index (Phi) is 4.67. The summed E-state index contributed by atoms with van der Waals surface area (Å²) in [7, 11) is -3.48. The molecular formula is C14H21NO4S. The highest BCUT2D eigenvalue weighted by Crippen LogP contribution is 2.28. The van der Waals surface area contributed by atoms with E-state index in [2.05, 4.69) is 0 Å². The van der Waals surface area contributed by atoms with Crippen molar-refractivity contribution >= 4 is 10.0 Å². The van der Waals surface area contributed by atoms with Crippen molar-refractivity contribution in [2.45, 2.75) is 18.7 Å². The van der Waals surface area contributed by atoms with Crippen molar-refractivity contribution in [1.29, 1.82) is 0 Å². The Hall–Kier alpha value is -1.11. The van der Waals surface area contributed by atoms with Crippen LogP contribution in [0, 0.1) is 11.8 Å². The van der Waals surface area contributed by atoms with Gasteiger partial charge in [0.1, 0.15) is 5.75 Å². The van der Waals surface area contributed by atoms with Gasteiger partial charge in [0.15, 0.2) is 0 Å². The Balaban J connectivity index is 2.18. The highest BCUT2D eigenvalue weighted by atomic mass is 32.2. The number of benzene rings is 1. The van der Waals surface area contributed by atoms with Crippen LogP contribution < -0.4 is 4.74 Å². The molecule has 0 amide bonds. The zero-order valence-electron chi connectivity index (χ0n) is 11.8. The van der Waals surface area contributed by atoms with Crippen molar-refractivity contribution in [1.82, 2.24) is 4.31 Å². The minimum absolute atomic E-state index is 0.0208. The van der Waals surface area contributed by atoms with Crippen molar-refractivity contribution in [2.24, 2.45) is 11.8 Å². The number of nitrogens with zero attached hydrogens (tertiary/aromatic N) is 1. The summed E-state index contributed by atoms with van der Waals surface area (Å²) in [6.07, 6.45) is 0. The van der Waals surface area contributed by atoms with Gasteiger partial charge >= 0.3 is 0 Å². The molecule has 2 rings (SSSR count). The van der Waals surface area contributed by atoms with Crippen LogP contribution in [0.25, 0.3) is 0 Å². The second-order valence-corrected chi connectivity index (χ2v) is 7.08. The Bertz CT molecular complexity index is 541. The highest BCUT2D eigenvalue weighted by Gasteiger charge is 2.36. The lowest BCUT2D eigenvalue weighted by molar-refractivity contribution is 0.210. The molecule has 1 aliphatic rings. The van der Waals surface area contributed by atoms with E-state index in [9.17, 15) is 13.5 Å². The topological polar surface area (TPSA) is 66.8 Å². The highest BCUT2D eigenvalue weighted by molar-refractivity contribution is 7.89. The second-order valence-electron chi connectivity index (χ2n) is 5.15. The molecule has 0 aliphatic carbocycles. The first kappa shape index (κ1) is 15.3. The molecule has 1 aromatic carbocycles. The number of rotatable bonds is 5. The van der Waals surface area contributed by atoms with Crippen molar-refractivity contribution in [3.8, 4) is 5.75 Å². The van der Waals surface area contributed by atoms with Crippen molar-refractivity contribution in [3.05, 3.63) is 24.3 Å². The summed E-state index contributed by atoms with van der Waals surface area (Å²) in [5.74, 6) is 0.861. The van der Waals surface area contributed by atoms with Crippen LogP contribution in [0.5, 0.6) is 5.75 Å². The smallest absolute Gasteiger partial charge is 0.243 e. The molecule has 6 heteroatoms. The molecule has 0 bridgehead atoms. The Labute approximate surface area is 120 Å². The fourth-order valence-electron chi connectivity index (χ4n) is 2.44. The van der Waals surface area contributed by atoms with E-state index in [1.807, 2.05) is 13.8 Å². The Morgan fingerprint density at radius 3 is 2.45 bits per heavy atom. The van der Waals surface area contributed by atoms with Gasteiger partial charge in [-0.3, -0.25) is 0 Å².